The van der Waals surface area contributed by atoms with Crippen molar-refractivity contribution < 1.29 is 27.9 Å². The van der Waals surface area contributed by atoms with E-state index in [0.717, 1.165) is 0 Å². The minimum absolute atomic E-state index is 0.111. The molecule has 8 heteroatoms. The predicted octanol–water partition coefficient (Wildman–Crippen LogP) is 2.92. The van der Waals surface area contributed by atoms with Gasteiger partial charge in [-0.3, -0.25) is 0 Å². The molecule has 1 aromatic rings. The van der Waals surface area contributed by atoms with Crippen LogP contribution in [-0.4, -0.2) is 15.5 Å². The van der Waals surface area contributed by atoms with Gasteiger partial charge in [0.1, 0.15) is 17.1 Å². The van der Waals surface area contributed by atoms with E-state index < -0.39 is 34.0 Å². The van der Waals surface area contributed by atoms with Crippen LogP contribution in [0.3, 0.4) is 0 Å². The van der Waals surface area contributed by atoms with Crippen LogP contribution in [0.1, 0.15) is 11.1 Å². The topological polar surface area (TPSA) is 52.8 Å². The molecule has 0 spiro atoms. The largest absolute Gasteiger partial charge is 0.507 e. The number of halogens is 5. The molecular formula is C8H4ClF4NO2. The molecule has 0 heterocycles. The van der Waals surface area contributed by atoms with Crippen LogP contribution in [0.2, 0.25) is 0 Å². The summed E-state index contributed by atoms with van der Waals surface area (Å²) in [4.78, 5) is 0. The Morgan fingerprint density at radius 2 is 1.88 bits per heavy atom. The molecule has 0 aromatic heterocycles. The van der Waals surface area contributed by atoms with E-state index in [1.807, 2.05) is 0 Å². The zero-order valence-corrected chi connectivity index (χ0v) is 8.14. The van der Waals surface area contributed by atoms with Gasteiger partial charge in [-0.1, -0.05) is 16.8 Å². The van der Waals surface area contributed by atoms with Crippen molar-refractivity contribution in [1.82, 2.24) is 0 Å². The number of oxime groups is 1. The number of benzene rings is 1. The van der Waals surface area contributed by atoms with Crippen molar-refractivity contribution in [2.24, 2.45) is 5.16 Å². The predicted molar refractivity (Wildman–Crippen MR) is 47.2 cm³/mol. The van der Waals surface area contributed by atoms with Gasteiger partial charge < -0.3 is 10.3 Å². The first-order valence-electron chi connectivity index (χ1n) is 3.75. The SMILES string of the molecule is O/N=C(\Cl)c1cc(F)cc(C(F)(F)F)c1O. The van der Waals surface area contributed by atoms with Gasteiger partial charge in [0.05, 0.1) is 5.56 Å². The molecule has 1 rings (SSSR count). The van der Waals surface area contributed by atoms with E-state index in [-0.39, 0.29) is 6.07 Å². The molecule has 3 nitrogen and oxygen atoms in total. The molecule has 0 atom stereocenters. The lowest BCUT2D eigenvalue weighted by atomic mass is 10.1. The lowest BCUT2D eigenvalue weighted by Crippen LogP contribution is -2.08. The van der Waals surface area contributed by atoms with Crippen molar-refractivity contribution in [3.05, 3.63) is 29.1 Å². The van der Waals surface area contributed by atoms with Crippen LogP contribution >= 0.6 is 11.6 Å². The first-order chi connectivity index (χ1) is 7.27. The molecule has 0 aliphatic heterocycles. The van der Waals surface area contributed by atoms with Gasteiger partial charge in [0.2, 0.25) is 0 Å². The zero-order chi connectivity index (χ0) is 12.5. The van der Waals surface area contributed by atoms with Crippen LogP contribution in [-0.2, 0) is 6.18 Å². The number of phenolic OH excluding ortho intramolecular Hbond substituents is 1. The van der Waals surface area contributed by atoms with E-state index in [4.69, 9.17) is 16.8 Å². The van der Waals surface area contributed by atoms with Crippen molar-refractivity contribution in [2.75, 3.05) is 0 Å². The molecule has 0 amide bonds. The number of rotatable bonds is 1. The van der Waals surface area contributed by atoms with Crippen LogP contribution in [0.15, 0.2) is 17.3 Å². The highest BCUT2D eigenvalue weighted by atomic mass is 35.5. The number of hydrogen-bond donors (Lipinski definition) is 2. The third-order valence-corrected chi connectivity index (χ3v) is 1.97. The second-order valence-electron chi connectivity index (χ2n) is 2.74. The highest BCUT2D eigenvalue weighted by Crippen LogP contribution is 2.38. The van der Waals surface area contributed by atoms with Crippen molar-refractivity contribution in [1.29, 1.82) is 0 Å². The van der Waals surface area contributed by atoms with E-state index >= 15 is 0 Å². The quantitative estimate of drug-likeness (QED) is 0.352. The Morgan fingerprint density at radius 1 is 1.31 bits per heavy atom. The summed E-state index contributed by atoms with van der Waals surface area (Å²) >= 11 is 5.20. The summed E-state index contributed by atoms with van der Waals surface area (Å²) in [6.45, 7) is 0. The fraction of sp³-hybridized carbons (Fsp3) is 0.125. The molecule has 0 fully saturated rings. The lowest BCUT2D eigenvalue weighted by molar-refractivity contribution is -0.139. The van der Waals surface area contributed by atoms with E-state index in [0.29, 0.717) is 6.07 Å². The molecule has 88 valence electrons. The normalized spacial score (nSPS) is 12.9. The third-order valence-electron chi connectivity index (χ3n) is 1.69. The molecule has 0 aliphatic rings. The van der Waals surface area contributed by atoms with Gasteiger partial charge in [0.15, 0.2) is 5.17 Å². The number of alkyl halides is 3. The van der Waals surface area contributed by atoms with Crippen molar-refractivity contribution in [3.8, 4) is 5.75 Å². The summed E-state index contributed by atoms with van der Waals surface area (Å²) in [6, 6.07) is 0.632. The van der Waals surface area contributed by atoms with Gasteiger partial charge in [-0.05, 0) is 12.1 Å². The molecule has 0 unspecified atom stereocenters. The maximum absolute atomic E-state index is 12.8. The van der Waals surface area contributed by atoms with Gasteiger partial charge in [-0.2, -0.15) is 13.2 Å². The van der Waals surface area contributed by atoms with Gasteiger partial charge >= 0.3 is 6.18 Å². The molecule has 1 aromatic carbocycles. The number of hydrogen-bond acceptors (Lipinski definition) is 3. The van der Waals surface area contributed by atoms with Gasteiger partial charge in [-0.15, -0.1) is 0 Å². The van der Waals surface area contributed by atoms with E-state index in [2.05, 4.69) is 5.16 Å². The summed E-state index contributed by atoms with van der Waals surface area (Å²) in [7, 11) is 0. The smallest absolute Gasteiger partial charge is 0.420 e. The van der Waals surface area contributed by atoms with Crippen LogP contribution in [0, 0.1) is 5.82 Å². The summed E-state index contributed by atoms with van der Waals surface area (Å²) in [5, 5.41) is 19.0. The molecule has 0 bridgehead atoms. The van der Waals surface area contributed by atoms with Crippen LogP contribution in [0.25, 0.3) is 0 Å². The first-order valence-corrected chi connectivity index (χ1v) is 4.12. The van der Waals surface area contributed by atoms with E-state index in [1.54, 1.807) is 0 Å². The Labute approximate surface area is 91.6 Å². The Bertz CT molecular complexity index is 444. The number of nitrogens with zero attached hydrogens (tertiary/aromatic N) is 1. The minimum atomic E-state index is -4.94. The summed E-state index contributed by atoms with van der Waals surface area (Å²) < 4.78 is 49.7. The Kier molecular flexibility index (Phi) is 3.27. The number of aromatic hydroxyl groups is 1. The standard InChI is InChI=1S/C8H4ClF4NO2/c9-7(14-16)4-1-3(10)2-5(6(4)15)8(11,12)13/h1-2,15-16H/b14-7-. The maximum Gasteiger partial charge on any atom is 0.420 e. The first kappa shape index (κ1) is 12.6. The molecule has 0 saturated carbocycles. The number of phenols is 1. The molecule has 16 heavy (non-hydrogen) atoms. The highest BCUT2D eigenvalue weighted by Gasteiger charge is 2.36. The molecule has 2 N–H and O–H groups in total. The zero-order valence-electron chi connectivity index (χ0n) is 7.39. The summed E-state index contributed by atoms with van der Waals surface area (Å²) in [5.74, 6) is -2.56. The van der Waals surface area contributed by atoms with Gasteiger partial charge in [-0.25, -0.2) is 4.39 Å². The fourth-order valence-electron chi connectivity index (χ4n) is 1.03. The monoisotopic (exact) mass is 257 g/mol. The average molecular weight is 258 g/mol. The van der Waals surface area contributed by atoms with Crippen LogP contribution in [0.4, 0.5) is 17.6 Å². The third kappa shape index (κ3) is 2.35. The summed E-state index contributed by atoms with van der Waals surface area (Å²) in [6.07, 6.45) is -4.94. The molecule has 0 aliphatic carbocycles. The van der Waals surface area contributed by atoms with Gasteiger partial charge in [0.25, 0.3) is 0 Å². The van der Waals surface area contributed by atoms with Crippen molar-refractivity contribution in [3.63, 3.8) is 0 Å². The summed E-state index contributed by atoms with van der Waals surface area (Å²) in [5.41, 5.74) is -2.33. The minimum Gasteiger partial charge on any atom is -0.507 e. The van der Waals surface area contributed by atoms with Gasteiger partial charge in [0, 0.05) is 0 Å². The van der Waals surface area contributed by atoms with Crippen molar-refractivity contribution >= 4 is 16.8 Å². The molecule has 0 radical (unpaired) electrons. The van der Waals surface area contributed by atoms with E-state index in [9.17, 15) is 22.7 Å². The Balaban J connectivity index is 3.50. The van der Waals surface area contributed by atoms with Crippen LogP contribution in [0.5, 0.6) is 5.75 Å². The second kappa shape index (κ2) is 4.17. The van der Waals surface area contributed by atoms with Crippen LogP contribution < -0.4 is 0 Å². The Hall–Kier alpha value is -1.50. The maximum atomic E-state index is 12.8. The van der Waals surface area contributed by atoms with Crippen molar-refractivity contribution in [2.45, 2.75) is 6.18 Å². The molecule has 0 saturated heterocycles. The molecular weight excluding hydrogens is 254 g/mol. The fourth-order valence-corrected chi connectivity index (χ4v) is 1.17. The van der Waals surface area contributed by atoms with E-state index in [1.165, 1.54) is 0 Å². The highest BCUT2D eigenvalue weighted by molar-refractivity contribution is 6.69. The second-order valence-corrected chi connectivity index (χ2v) is 3.10. The lowest BCUT2D eigenvalue weighted by Gasteiger charge is -2.11. The average Bonchev–Trinajstić information content (AvgIpc) is 2.18. The Morgan fingerprint density at radius 3 is 2.31 bits per heavy atom.